The van der Waals surface area contributed by atoms with Gasteiger partial charge in [-0.15, -0.1) is 0 Å². The highest BCUT2D eigenvalue weighted by molar-refractivity contribution is 7.99. The molecule has 2 rings (SSSR count). The van der Waals surface area contributed by atoms with E-state index in [-0.39, 0.29) is 17.5 Å². The van der Waals surface area contributed by atoms with E-state index in [1.54, 1.807) is 30.0 Å². The van der Waals surface area contributed by atoms with Crippen LogP contribution in [0.2, 0.25) is 0 Å². The fourth-order valence-electron chi connectivity index (χ4n) is 2.49. The third-order valence-electron chi connectivity index (χ3n) is 3.52. The Bertz CT molecular complexity index is 646. The number of hydrogen-bond acceptors (Lipinski definition) is 4. The first-order valence-electron chi connectivity index (χ1n) is 6.82. The summed E-state index contributed by atoms with van der Waals surface area (Å²) in [5.74, 6) is 5.24. The minimum Gasteiger partial charge on any atom is -0.384 e. The molecule has 1 fully saturated rings. The van der Waals surface area contributed by atoms with Gasteiger partial charge in [-0.2, -0.15) is 11.8 Å². The fourth-order valence-corrected chi connectivity index (χ4v) is 4.87. The zero-order chi connectivity index (χ0) is 15.3. The Balaban J connectivity index is 2.19. The Morgan fingerprint density at radius 3 is 2.95 bits per heavy atom. The van der Waals surface area contributed by atoms with E-state index in [1.807, 2.05) is 6.26 Å². The second-order valence-corrected chi connectivity index (χ2v) is 7.71. The van der Waals surface area contributed by atoms with Crippen LogP contribution in [0, 0.1) is 11.8 Å². The zero-order valence-corrected chi connectivity index (χ0v) is 13.5. The van der Waals surface area contributed by atoms with Crippen molar-refractivity contribution in [2.24, 2.45) is 0 Å². The van der Waals surface area contributed by atoms with E-state index in [4.69, 9.17) is 5.11 Å². The highest BCUT2D eigenvalue weighted by Gasteiger charge is 2.30. The summed E-state index contributed by atoms with van der Waals surface area (Å²) in [7, 11) is -3.53. The first kappa shape index (κ1) is 16.4. The topological polar surface area (TPSA) is 66.4 Å². The average molecular weight is 325 g/mol. The van der Waals surface area contributed by atoms with Crippen molar-refractivity contribution in [3.05, 3.63) is 29.8 Å². The molecular formula is C15H19NO3S2. The molecule has 0 amide bonds. The van der Waals surface area contributed by atoms with Crippen molar-refractivity contribution in [1.29, 1.82) is 0 Å². The predicted octanol–water partition coefficient (Wildman–Crippen LogP) is 1.59. The number of sulfonamides is 1. The van der Waals surface area contributed by atoms with Gasteiger partial charge in [0.1, 0.15) is 6.61 Å². The predicted molar refractivity (Wildman–Crippen MR) is 85.7 cm³/mol. The summed E-state index contributed by atoms with van der Waals surface area (Å²) in [6.45, 7) is -0.243. The highest BCUT2D eigenvalue weighted by atomic mass is 32.2. The van der Waals surface area contributed by atoms with Crippen LogP contribution in [0.25, 0.3) is 0 Å². The third kappa shape index (κ3) is 4.24. The van der Waals surface area contributed by atoms with Gasteiger partial charge in [0.25, 0.3) is 0 Å². The SMILES string of the molecule is CSC1CCCC1NS(=O)(=O)c1cccc(C#CCO)c1. The molecule has 0 aliphatic heterocycles. The van der Waals surface area contributed by atoms with Crippen LogP contribution in [-0.4, -0.2) is 37.7 Å². The lowest BCUT2D eigenvalue weighted by atomic mass is 10.2. The van der Waals surface area contributed by atoms with Crippen molar-refractivity contribution in [1.82, 2.24) is 4.72 Å². The monoisotopic (exact) mass is 325 g/mol. The van der Waals surface area contributed by atoms with Gasteiger partial charge in [-0.1, -0.05) is 24.3 Å². The number of hydrogen-bond donors (Lipinski definition) is 2. The molecule has 2 N–H and O–H groups in total. The summed E-state index contributed by atoms with van der Waals surface area (Å²) in [5.41, 5.74) is 0.583. The molecule has 0 bridgehead atoms. The largest absolute Gasteiger partial charge is 0.384 e. The number of rotatable bonds is 4. The first-order chi connectivity index (χ1) is 10.1. The number of benzene rings is 1. The fraction of sp³-hybridized carbons (Fsp3) is 0.467. The van der Waals surface area contributed by atoms with Gasteiger partial charge in [0.15, 0.2) is 0 Å². The Kier molecular flexibility index (Phi) is 5.71. The lowest BCUT2D eigenvalue weighted by Gasteiger charge is -2.19. The quantitative estimate of drug-likeness (QED) is 0.825. The lowest BCUT2D eigenvalue weighted by Crippen LogP contribution is -2.38. The van der Waals surface area contributed by atoms with E-state index in [0.717, 1.165) is 19.3 Å². The van der Waals surface area contributed by atoms with Crippen molar-refractivity contribution in [2.45, 2.75) is 35.4 Å². The van der Waals surface area contributed by atoms with E-state index in [2.05, 4.69) is 16.6 Å². The summed E-state index contributed by atoms with van der Waals surface area (Å²) < 4.78 is 27.7. The van der Waals surface area contributed by atoms with Crippen molar-refractivity contribution < 1.29 is 13.5 Å². The van der Waals surface area contributed by atoms with Gasteiger partial charge in [0.2, 0.25) is 10.0 Å². The van der Waals surface area contributed by atoms with Crippen LogP contribution in [0.5, 0.6) is 0 Å². The van der Waals surface area contributed by atoms with Crippen molar-refractivity contribution >= 4 is 21.8 Å². The Morgan fingerprint density at radius 1 is 1.43 bits per heavy atom. The van der Waals surface area contributed by atoms with Crippen molar-refractivity contribution in [2.75, 3.05) is 12.9 Å². The summed E-state index contributed by atoms with van der Waals surface area (Å²) in [5, 5.41) is 9.04. The van der Waals surface area contributed by atoms with Crippen LogP contribution in [-0.2, 0) is 10.0 Å². The zero-order valence-electron chi connectivity index (χ0n) is 11.9. The molecule has 1 aliphatic rings. The molecule has 0 aromatic heterocycles. The molecule has 2 unspecified atom stereocenters. The van der Waals surface area contributed by atoms with Crippen LogP contribution >= 0.6 is 11.8 Å². The van der Waals surface area contributed by atoms with E-state index < -0.39 is 10.0 Å². The van der Waals surface area contributed by atoms with Gasteiger partial charge in [-0.3, -0.25) is 0 Å². The van der Waals surface area contributed by atoms with E-state index in [9.17, 15) is 8.42 Å². The van der Waals surface area contributed by atoms with E-state index in [1.165, 1.54) is 6.07 Å². The maximum absolute atomic E-state index is 12.5. The third-order valence-corrected chi connectivity index (χ3v) is 6.18. The molecule has 114 valence electrons. The van der Waals surface area contributed by atoms with Crippen molar-refractivity contribution in [3.63, 3.8) is 0 Å². The molecule has 6 heteroatoms. The molecular weight excluding hydrogens is 306 g/mol. The lowest BCUT2D eigenvalue weighted by molar-refractivity contribution is 0.350. The normalized spacial score (nSPS) is 21.8. The Hall–Kier alpha value is -1.00. The Morgan fingerprint density at radius 2 is 2.24 bits per heavy atom. The molecule has 0 spiro atoms. The molecule has 4 nitrogen and oxygen atoms in total. The van der Waals surface area contributed by atoms with Crippen LogP contribution in [0.1, 0.15) is 24.8 Å². The standard InChI is InChI=1S/C15H19NO3S2/c1-20-15-9-3-8-14(15)16-21(18,19)13-7-2-5-12(11-13)6-4-10-17/h2,5,7,11,14-17H,3,8-10H2,1H3. The summed E-state index contributed by atoms with van der Waals surface area (Å²) in [6, 6.07) is 6.49. The van der Waals surface area contributed by atoms with Gasteiger partial charge >= 0.3 is 0 Å². The molecule has 1 aliphatic carbocycles. The molecule has 0 heterocycles. The second-order valence-electron chi connectivity index (χ2n) is 4.92. The number of aliphatic hydroxyl groups excluding tert-OH is 1. The summed E-state index contributed by atoms with van der Waals surface area (Å²) >= 11 is 1.71. The van der Waals surface area contributed by atoms with Crippen LogP contribution in [0.3, 0.4) is 0 Å². The summed E-state index contributed by atoms with van der Waals surface area (Å²) in [4.78, 5) is 0.221. The number of thioether (sulfide) groups is 1. The molecule has 21 heavy (non-hydrogen) atoms. The molecule has 0 saturated heterocycles. The van der Waals surface area contributed by atoms with Crippen LogP contribution in [0.4, 0.5) is 0 Å². The maximum atomic E-state index is 12.5. The van der Waals surface area contributed by atoms with Gasteiger partial charge < -0.3 is 5.11 Å². The van der Waals surface area contributed by atoms with E-state index >= 15 is 0 Å². The van der Waals surface area contributed by atoms with E-state index in [0.29, 0.717) is 10.8 Å². The second kappa shape index (κ2) is 7.32. The van der Waals surface area contributed by atoms with Gasteiger partial charge in [-0.25, -0.2) is 13.1 Å². The summed E-state index contributed by atoms with van der Waals surface area (Å²) in [6.07, 6.45) is 5.01. The van der Waals surface area contributed by atoms with Crippen molar-refractivity contribution in [3.8, 4) is 11.8 Å². The molecule has 1 aromatic rings. The van der Waals surface area contributed by atoms with Crippen LogP contribution in [0.15, 0.2) is 29.2 Å². The molecule has 0 radical (unpaired) electrons. The molecule has 1 aromatic carbocycles. The van der Waals surface area contributed by atoms with Crippen LogP contribution < -0.4 is 4.72 Å². The maximum Gasteiger partial charge on any atom is 0.240 e. The van der Waals surface area contributed by atoms with Gasteiger partial charge in [0, 0.05) is 16.9 Å². The number of aliphatic hydroxyl groups is 1. The highest BCUT2D eigenvalue weighted by Crippen LogP contribution is 2.29. The molecule has 1 saturated carbocycles. The first-order valence-corrected chi connectivity index (χ1v) is 9.59. The minimum absolute atomic E-state index is 0.00261. The minimum atomic E-state index is -3.53. The molecule has 2 atom stereocenters. The Labute approximate surface area is 130 Å². The smallest absolute Gasteiger partial charge is 0.240 e. The average Bonchev–Trinajstić information content (AvgIpc) is 2.92. The van der Waals surface area contributed by atoms with Gasteiger partial charge in [0.05, 0.1) is 4.90 Å². The van der Waals surface area contributed by atoms with Gasteiger partial charge in [-0.05, 0) is 37.3 Å². The number of nitrogens with one attached hydrogen (secondary N) is 1.